The molecule has 0 aromatic heterocycles. The van der Waals surface area contributed by atoms with E-state index in [-0.39, 0.29) is 18.9 Å². The Labute approximate surface area is 153 Å². The molecule has 0 spiro atoms. The lowest BCUT2D eigenvalue weighted by Gasteiger charge is -2.09. The van der Waals surface area contributed by atoms with Crippen molar-refractivity contribution in [3.05, 3.63) is 59.7 Å². The van der Waals surface area contributed by atoms with Crippen LogP contribution >= 0.6 is 0 Å². The van der Waals surface area contributed by atoms with Crippen molar-refractivity contribution in [2.45, 2.75) is 32.1 Å². The monoisotopic (exact) mass is 353 g/mol. The summed E-state index contributed by atoms with van der Waals surface area (Å²) in [5.74, 6) is 0.0530. The molecule has 0 atom stereocenters. The molecule has 1 aliphatic carbocycles. The van der Waals surface area contributed by atoms with Crippen LogP contribution in [0.25, 0.3) is 0 Å². The Morgan fingerprint density at radius 3 is 2.65 bits per heavy atom. The van der Waals surface area contributed by atoms with Crippen molar-refractivity contribution in [1.82, 2.24) is 0 Å². The second-order valence-electron chi connectivity index (χ2n) is 6.31. The minimum atomic E-state index is -0.397. The van der Waals surface area contributed by atoms with Gasteiger partial charge in [0.05, 0.1) is 6.61 Å². The normalized spacial score (nSPS) is 12.3. The number of carbonyl (C=O) groups excluding carboxylic acids is 2. The lowest BCUT2D eigenvalue weighted by atomic mass is 10.1. The quantitative estimate of drug-likeness (QED) is 0.583. The molecule has 26 heavy (non-hydrogen) atoms. The summed E-state index contributed by atoms with van der Waals surface area (Å²) >= 11 is 0. The first-order chi connectivity index (χ1) is 12.7. The van der Waals surface area contributed by atoms with Crippen molar-refractivity contribution in [3.63, 3.8) is 0 Å². The number of carbonyl (C=O) groups is 2. The van der Waals surface area contributed by atoms with Crippen LogP contribution in [0.3, 0.4) is 0 Å². The molecule has 0 aliphatic heterocycles. The average molecular weight is 353 g/mol. The van der Waals surface area contributed by atoms with E-state index in [1.807, 2.05) is 42.5 Å². The summed E-state index contributed by atoms with van der Waals surface area (Å²) in [6.07, 6.45) is 4.09. The van der Waals surface area contributed by atoms with Crippen LogP contribution in [0.15, 0.2) is 48.5 Å². The molecular formula is C21H23NO4. The van der Waals surface area contributed by atoms with Gasteiger partial charge in [-0.25, -0.2) is 0 Å². The van der Waals surface area contributed by atoms with Crippen LogP contribution in [0.1, 0.15) is 30.4 Å². The maximum Gasteiger partial charge on any atom is 0.306 e. The summed E-state index contributed by atoms with van der Waals surface area (Å²) in [5, 5.41) is 2.77. The Morgan fingerprint density at radius 2 is 1.81 bits per heavy atom. The van der Waals surface area contributed by atoms with Crippen molar-refractivity contribution in [3.8, 4) is 5.75 Å². The minimum Gasteiger partial charge on any atom is -0.494 e. The maximum absolute atomic E-state index is 11.9. The molecule has 0 radical (unpaired) electrons. The third-order valence-corrected chi connectivity index (χ3v) is 4.28. The molecule has 1 amide bonds. The maximum atomic E-state index is 11.9. The second kappa shape index (κ2) is 9.04. The van der Waals surface area contributed by atoms with E-state index >= 15 is 0 Å². The van der Waals surface area contributed by atoms with Crippen LogP contribution in [0, 0.1) is 0 Å². The first-order valence-corrected chi connectivity index (χ1v) is 8.96. The molecule has 0 unspecified atom stereocenters. The highest BCUT2D eigenvalue weighted by atomic mass is 16.5. The zero-order valence-electron chi connectivity index (χ0n) is 14.7. The zero-order chi connectivity index (χ0) is 18.2. The predicted molar refractivity (Wildman–Crippen MR) is 99.2 cm³/mol. The van der Waals surface area contributed by atoms with Gasteiger partial charge in [-0.2, -0.15) is 0 Å². The summed E-state index contributed by atoms with van der Waals surface area (Å²) < 4.78 is 10.5. The molecule has 136 valence electrons. The number of rotatable bonds is 8. The summed E-state index contributed by atoms with van der Waals surface area (Å²) in [5.41, 5.74) is 3.40. The van der Waals surface area contributed by atoms with E-state index in [9.17, 15) is 9.59 Å². The summed E-state index contributed by atoms with van der Waals surface area (Å²) in [7, 11) is 0. The summed E-state index contributed by atoms with van der Waals surface area (Å²) in [6.45, 7) is 0.163. The molecule has 0 fully saturated rings. The van der Waals surface area contributed by atoms with Gasteiger partial charge in [-0.05, 0) is 61.1 Å². The fourth-order valence-corrected chi connectivity index (χ4v) is 2.99. The van der Waals surface area contributed by atoms with Gasteiger partial charge in [-0.3, -0.25) is 9.59 Å². The minimum absolute atomic E-state index is 0.221. The fourth-order valence-electron chi connectivity index (χ4n) is 2.99. The molecule has 2 aromatic carbocycles. The van der Waals surface area contributed by atoms with E-state index in [2.05, 4.69) is 11.4 Å². The van der Waals surface area contributed by atoms with Crippen molar-refractivity contribution < 1.29 is 19.1 Å². The van der Waals surface area contributed by atoms with Gasteiger partial charge in [0.1, 0.15) is 5.75 Å². The number of ether oxygens (including phenoxy) is 2. The predicted octanol–water partition coefficient (Wildman–Crippen LogP) is 3.52. The lowest BCUT2D eigenvalue weighted by molar-refractivity contribution is -0.147. The van der Waals surface area contributed by atoms with E-state index in [4.69, 9.17) is 9.47 Å². The first kappa shape index (κ1) is 18.0. The van der Waals surface area contributed by atoms with E-state index in [0.29, 0.717) is 13.0 Å². The molecule has 0 saturated heterocycles. The largest absolute Gasteiger partial charge is 0.494 e. The van der Waals surface area contributed by atoms with E-state index in [0.717, 1.165) is 24.3 Å². The number of benzene rings is 2. The first-order valence-electron chi connectivity index (χ1n) is 8.96. The highest BCUT2D eigenvalue weighted by molar-refractivity contribution is 5.92. The van der Waals surface area contributed by atoms with Crippen LogP contribution in [-0.2, 0) is 27.2 Å². The molecule has 3 rings (SSSR count). The van der Waals surface area contributed by atoms with Gasteiger partial charge in [0.25, 0.3) is 5.91 Å². The Balaban J connectivity index is 1.32. The number of nitrogens with one attached hydrogen (secondary N) is 1. The molecule has 0 saturated carbocycles. The topological polar surface area (TPSA) is 64.6 Å². The SMILES string of the molecule is O=C(COC(=O)CCCOc1ccccc1)Nc1ccc2c(c1)CCC2. The van der Waals surface area contributed by atoms with E-state index < -0.39 is 5.97 Å². The van der Waals surface area contributed by atoms with E-state index in [1.54, 1.807) is 0 Å². The van der Waals surface area contributed by atoms with Gasteiger partial charge in [0.15, 0.2) is 6.61 Å². The number of aryl methyl sites for hydroxylation is 2. The van der Waals surface area contributed by atoms with Crippen LogP contribution in [0.5, 0.6) is 5.75 Å². The van der Waals surface area contributed by atoms with Gasteiger partial charge in [0, 0.05) is 12.1 Å². The smallest absolute Gasteiger partial charge is 0.306 e. The van der Waals surface area contributed by atoms with Gasteiger partial charge in [0.2, 0.25) is 0 Å². The van der Waals surface area contributed by atoms with Crippen LogP contribution in [0.2, 0.25) is 0 Å². The van der Waals surface area contributed by atoms with Crippen LogP contribution < -0.4 is 10.1 Å². The number of esters is 1. The third-order valence-electron chi connectivity index (χ3n) is 4.28. The standard InChI is InChI=1S/C21H23NO4/c23-20(22-18-12-11-16-6-4-7-17(16)14-18)15-26-21(24)10-5-13-25-19-8-2-1-3-9-19/h1-3,8-9,11-12,14H,4-7,10,13,15H2,(H,22,23). The number of hydrogen-bond donors (Lipinski definition) is 1. The Morgan fingerprint density at radius 1 is 1.00 bits per heavy atom. The highest BCUT2D eigenvalue weighted by Gasteiger charge is 2.12. The van der Waals surface area contributed by atoms with Gasteiger partial charge in [-0.1, -0.05) is 24.3 Å². The average Bonchev–Trinajstić information content (AvgIpc) is 3.12. The highest BCUT2D eigenvalue weighted by Crippen LogP contribution is 2.24. The number of anilines is 1. The molecule has 5 nitrogen and oxygen atoms in total. The van der Waals surface area contributed by atoms with Gasteiger partial charge in [-0.15, -0.1) is 0 Å². The Bertz CT molecular complexity index is 758. The molecule has 0 bridgehead atoms. The van der Waals surface area contributed by atoms with Crippen molar-refractivity contribution in [2.24, 2.45) is 0 Å². The van der Waals surface area contributed by atoms with Crippen LogP contribution in [0.4, 0.5) is 5.69 Å². The van der Waals surface area contributed by atoms with Gasteiger partial charge < -0.3 is 14.8 Å². The van der Waals surface area contributed by atoms with Gasteiger partial charge >= 0.3 is 5.97 Å². The number of amides is 1. The molecular weight excluding hydrogens is 330 g/mol. The Kier molecular flexibility index (Phi) is 6.25. The number of hydrogen-bond acceptors (Lipinski definition) is 4. The number of para-hydroxylation sites is 1. The van der Waals surface area contributed by atoms with Crippen molar-refractivity contribution >= 4 is 17.6 Å². The van der Waals surface area contributed by atoms with Crippen LogP contribution in [-0.4, -0.2) is 25.1 Å². The Hall–Kier alpha value is -2.82. The lowest BCUT2D eigenvalue weighted by Crippen LogP contribution is -2.21. The molecule has 0 heterocycles. The number of fused-ring (bicyclic) bond motifs is 1. The zero-order valence-corrected chi connectivity index (χ0v) is 14.7. The molecule has 1 aliphatic rings. The summed E-state index contributed by atoms with van der Waals surface area (Å²) in [6, 6.07) is 15.4. The second-order valence-corrected chi connectivity index (χ2v) is 6.31. The molecule has 2 aromatic rings. The van der Waals surface area contributed by atoms with E-state index in [1.165, 1.54) is 17.5 Å². The van der Waals surface area contributed by atoms with Crippen molar-refractivity contribution in [1.29, 1.82) is 0 Å². The molecule has 1 N–H and O–H groups in total. The summed E-state index contributed by atoms with van der Waals surface area (Å²) in [4.78, 5) is 23.6. The third kappa shape index (κ3) is 5.34. The molecule has 5 heteroatoms. The fraction of sp³-hybridized carbons (Fsp3) is 0.333. The van der Waals surface area contributed by atoms with Crippen molar-refractivity contribution in [2.75, 3.05) is 18.5 Å².